The molecule has 0 aliphatic carbocycles. The van der Waals surface area contributed by atoms with Crippen molar-refractivity contribution in [1.29, 1.82) is 0 Å². The first kappa shape index (κ1) is 17.5. The van der Waals surface area contributed by atoms with Crippen LogP contribution in [0, 0.1) is 0 Å². The molecule has 0 aromatic heterocycles. The monoisotopic (exact) mass is 349 g/mol. The molecule has 2 amide bonds. The van der Waals surface area contributed by atoms with Crippen LogP contribution in [0.25, 0.3) is 0 Å². The summed E-state index contributed by atoms with van der Waals surface area (Å²) in [4.78, 5) is 11.9. The molecule has 0 radical (unpaired) electrons. The minimum atomic E-state index is -0.237. The molecule has 3 N–H and O–H groups in total. The van der Waals surface area contributed by atoms with Crippen molar-refractivity contribution >= 4 is 39.9 Å². The second kappa shape index (κ2) is 8.72. The zero-order valence-corrected chi connectivity index (χ0v) is 14.5. The van der Waals surface area contributed by atoms with E-state index in [0.29, 0.717) is 11.6 Å². The van der Waals surface area contributed by atoms with Crippen molar-refractivity contribution in [2.75, 3.05) is 11.6 Å². The molecular weight excluding hydrogens is 330 g/mol. The van der Waals surface area contributed by atoms with Crippen LogP contribution in [0.3, 0.4) is 0 Å². The van der Waals surface area contributed by atoms with Gasteiger partial charge in [0, 0.05) is 23.8 Å². The average Bonchev–Trinajstić information content (AvgIpc) is 2.53. The van der Waals surface area contributed by atoms with Crippen molar-refractivity contribution in [3.8, 4) is 0 Å². The Hall–Kier alpha value is -1.82. The maximum atomic E-state index is 11.9. The summed E-state index contributed by atoms with van der Waals surface area (Å²) in [5.74, 6) is 3.90. The van der Waals surface area contributed by atoms with E-state index >= 15 is 0 Å². The van der Waals surface area contributed by atoms with Crippen LogP contribution in [0.5, 0.6) is 0 Å². The van der Waals surface area contributed by atoms with Crippen LogP contribution in [0.4, 0.5) is 10.5 Å². The molecule has 2 aromatic rings. The summed E-state index contributed by atoms with van der Waals surface area (Å²) in [6, 6.07) is 14.9. The molecular formula is C17H20ClN3OS. The van der Waals surface area contributed by atoms with E-state index < -0.39 is 0 Å². The molecule has 4 nitrogen and oxygen atoms in total. The number of carbonyl (C=O) groups excluding carboxylic acids is 1. The Morgan fingerprint density at radius 3 is 2.22 bits per heavy atom. The molecule has 2 aromatic carbocycles. The summed E-state index contributed by atoms with van der Waals surface area (Å²) in [6.45, 7) is 1.22. The third-order valence-corrected chi connectivity index (χ3v) is 3.99. The van der Waals surface area contributed by atoms with Crippen molar-refractivity contribution in [2.45, 2.75) is 13.1 Å². The van der Waals surface area contributed by atoms with E-state index in [1.807, 2.05) is 42.7 Å². The predicted molar refractivity (Wildman–Crippen MR) is 101 cm³/mol. The molecule has 0 spiro atoms. The normalized spacial score (nSPS) is 11.7. The lowest BCUT2D eigenvalue weighted by atomic mass is 10.2. The van der Waals surface area contributed by atoms with Crippen LogP contribution in [0.1, 0.15) is 11.1 Å². The van der Waals surface area contributed by atoms with Crippen LogP contribution in [0.15, 0.2) is 48.5 Å². The van der Waals surface area contributed by atoms with Crippen LogP contribution in [-0.4, -0.2) is 18.2 Å². The van der Waals surface area contributed by atoms with Gasteiger partial charge in [-0.15, -0.1) is 10.7 Å². The fourth-order valence-corrected chi connectivity index (χ4v) is 2.41. The van der Waals surface area contributed by atoms with Gasteiger partial charge in [0.2, 0.25) is 0 Å². The highest BCUT2D eigenvalue weighted by molar-refractivity contribution is 8.11. The molecule has 122 valence electrons. The van der Waals surface area contributed by atoms with Gasteiger partial charge in [-0.3, -0.25) is 4.72 Å². The SMILES string of the molecule is C=S(C)NCc1ccc(NC(=O)NCc2ccc(Cl)cc2)cc1. The summed E-state index contributed by atoms with van der Waals surface area (Å²) in [6.07, 6.45) is 2.03. The molecule has 23 heavy (non-hydrogen) atoms. The van der Waals surface area contributed by atoms with Gasteiger partial charge in [-0.05, 0) is 41.6 Å². The van der Waals surface area contributed by atoms with E-state index in [9.17, 15) is 4.79 Å². The lowest BCUT2D eigenvalue weighted by Crippen LogP contribution is -2.28. The average molecular weight is 350 g/mol. The van der Waals surface area contributed by atoms with Gasteiger partial charge in [-0.25, -0.2) is 4.79 Å². The van der Waals surface area contributed by atoms with Gasteiger partial charge >= 0.3 is 6.03 Å². The second-order valence-electron chi connectivity index (χ2n) is 5.09. The molecule has 0 saturated heterocycles. The number of urea groups is 1. The highest BCUT2D eigenvalue weighted by Crippen LogP contribution is 2.11. The Labute approximate surface area is 144 Å². The number of hydrogen-bond acceptors (Lipinski definition) is 2. The molecule has 0 fully saturated rings. The molecule has 0 aliphatic heterocycles. The zero-order chi connectivity index (χ0) is 16.7. The Morgan fingerprint density at radius 1 is 1.04 bits per heavy atom. The minimum absolute atomic E-state index is 0.0410. The first-order valence-corrected chi connectivity index (χ1v) is 9.28. The summed E-state index contributed by atoms with van der Waals surface area (Å²) >= 11 is 5.83. The van der Waals surface area contributed by atoms with E-state index in [4.69, 9.17) is 11.6 Å². The molecule has 2 rings (SSSR count). The topological polar surface area (TPSA) is 53.2 Å². The standard InChI is InChI=1S/C17H20ClN3OS/c1-23(2)20-12-14-5-9-16(10-6-14)21-17(22)19-11-13-3-7-15(18)8-4-13/h3-10,20H,1,11-12H2,2H3,(H2,19,21,22). The van der Waals surface area contributed by atoms with Crippen LogP contribution in [-0.2, 0) is 13.1 Å². The largest absolute Gasteiger partial charge is 0.334 e. The minimum Gasteiger partial charge on any atom is -0.334 e. The van der Waals surface area contributed by atoms with Crippen LogP contribution >= 0.6 is 22.3 Å². The molecule has 0 heterocycles. The van der Waals surface area contributed by atoms with Crippen molar-refractivity contribution in [3.05, 3.63) is 64.7 Å². The van der Waals surface area contributed by atoms with E-state index in [1.54, 1.807) is 12.1 Å². The Kier molecular flexibility index (Phi) is 6.65. The highest BCUT2D eigenvalue weighted by atomic mass is 35.5. The summed E-state index contributed by atoms with van der Waals surface area (Å²) < 4.78 is 3.27. The molecule has 1 unspecified atom stereocenters. The van der Waals surface area contributed by atoms with Gasteiger partial charge in [0.25, 0.3) is 0 Å². The highest BCUT2D eigenvalue weighted by Gasteiger charge is 2.02. The smallest absolute Gasteiger partial charge is 0.319 e. The lowest BCUT2D eigenvalue weighted by Gasteiger charge is -2.09. The number of benzene rings is 2. The zero-order valence-electron chi connectivity index (χ0n) is 12.9. The van der Waals surface area contributed by atoms with Gasteiger partial charge in [-0.2, -0.15) is 0 Å². The third-order valence-electron chi connectivity index (χ3n) is 3.10. The number of halogens is 1. The quantitative estimate of drug-likeness (QED) is 0.690. The van der Waals surface area contributed by atoms with Gasteiger partial charge in [-0.1, -0.05) is 41.7 Å². The third kappa shape index (κ3) is 6.44. The summed E-state index contributed by atoms with van der Waals surface area (Å²) in [5.41, 5.74) is 2.90. The summed E-state index contributed by atoms with van der Waals surface area (Å²) in [7, 11) is -0.0410. The van der Waals surface area contributed by atoms with Crippen molar-refractivity contribution in [3.63, 3.8) is 0 Å². The van der Waals surface area contributed by atoms with E-state index in [-0.39, 0.29) is 16.7 Å². The molecule has 6 heteroatoms. The second-order valence-corrected chi connectivity index (χ2v) is 7.09. The van der Waals surface area contributed by atoms with Crippen LogP contribution < -0.4 is 15.4 Å². The first-order valence-electron chi connectivity index (χ1n) is 7.10. The Morgan fingerprint density at radius 2 is 1.61 bits per heavy atom. The van der Waals surface area contributed by atoms with E-state index in [0.717, 1.165) is 23.4 Å². The van der Waals surface area contributed by atoms with Crippen molar-refractivity contribution in [1.82, 2.24) is 10.0 Å². The van der Waals surface area contributed by atoms with Gasteiger partial charge in [0.15, 0.2) is 0 Å². The number of rotatable bonds is 6. The molecule has 1 atom stereocenters. The number of amides is 2. The Bertz CT molecular complexity index is 671. The number of carbonyl (C=O) groups is 1. The fourth-order valence-electron chi connectivity index (χ4n) is 1.87. The van der Waals surface area contributed by atoms with E-state index in [2.05, 4.69) is 21.2 Å². The van der Waals surface area contributed by atoms with Crippen molar-refractivity contribution < 1.29 is 4.79 Å². The van der Waals surface area contributed by atoms with Crippen LogP contribution in [0.2, 0.25) is 5.02 Å². The molecule has 0 saturated carbocycles. The van der Waals surface area contributed by atoms with Gasteiger partial charge in [0.1, 0.15) is 0 Å². The fraction of sp³-hybridized carbons (Fsp3) is 0.176. The number of anilines is 1. The maximum absolute atomic E-state index is 11.9. The first-order chi connectivity index (χ1) is 11.0. The Balaban J connectivity index is 1.80. The predicted octanol–water partition coefficient (Wildman–Crippen LogP) is 4.00. The number of hydrogen-bond donors (Lipinski definition) is 3. The lowest BCUT2D eigenvalue weighted by molar-refractivity contribution is 0.251. The van der Waals surface area contributed by atoms with Crippen molar-refractivity contribution in [2.24, 2.45) is 0 Å². The number of nitrogens with one attached hydrogen (secondary N) is 3. The van der Waals surface area contributed by atoms with Gasteiger partial charge in [0.05, 0.1) is 0 Å². The van der Waals surface area contributed by atoms with E-state index in [1.165, 1.54) is 0 Å². The molecule has 0 aliphatic rings. The molecule has 0 bridgehead atoms. The summed E-state index contributed by atoms with van der Waals surface area (Å²) in [5, 5.41) is 6.30. The maximum Gasteiger partial charge on any atom is 0.319 e. The van der Waals surface area contributed by atoms with Gasteiger partial charge < -0.3 is 10.6 Å².